The van der Waals surface area contributed by atoms with Crippen molar-refractivity contribution in [2.45, 2.75) is 6.61 Å². The molecule has 0 aliphatic carbocycles. The number of hydrogen-bond acceptors (Lipinski definition) is 4. The molecule has 0 aliphatic rings. The van der Waals surface area contributed by atoms with E-state index in [0.29, 0.717) is 11.4 Å². The Kier molecular flexibility index (Phi) is 5.54. The lowest BCUT2D eigenvalue weighted by molar-refractivity contribution is -0.253. The number of amides is 1. The molecule has 6 heteroatoms. The Hall–Kier alpha value is -0.820. The highest BCUT2D eigenvalue weighted by atomic mass is 32.8. The van der Waals surface area contributed by atoms with Crippen molar-refractivity contribution in [1.82, 2.24) is 0 Å². The Labute approximate surface area is 101 Å². The summed E-state index contributed by atoms with van der Waals surface area (Å²) in [5.41, 5.74) is 1.55. The lowest BCUT2D eigenvalue weighted by Crippen LogP contribution is -2.18. The minimum absolute atomic E-state index is 0.0769. The van der Waals surface area contributed by atoms with E-state index in [1.54, 1.807) is 24.3 Å². The molecule has 2 N–H and O–H groups in total. The van der Waals surface area contributed by atoms with Crippen LogP contribution in [0.4, 0.5) is 5.69 Å². The first-order chi connectivity index (χ1) is 7.61. The van der Waals surface area contributed by atoms with Crippen molar-refractivity contribution in [3.63, 3.8) is 0 Å². The van der Waals surface area contributed by atoms with Crippen LogP contribution in [0.25, 0.3) is 0 Å². The molecule has 1 aromatic carbocycles. The van der Waals surface area contributed by atoms with Crippen LogP contribution in [0.5, 0.6) is 0 Å². The highest BCUT2D eigenvalue weighted by Crippen LogP contribution is 2.10. The van der Waals surface area contributed by atoms with E-state index in [0.717, 1.165) is 5.56 Å². The SMILES string of the molecule is CS(=S)CC(=O)Nc1ccc(COO)cc1. The van der Waals surface area contributed by atoms with Crippen molar-refractivity contribution >= 4 is 32.2 Å². The van der Waals surface area contributed by atoms with Gasteiger partial charge >= 0.3 is 0 Å². The monoisotopic (exact) mass is 259 g/mol. The van der Waals surface area contributed by atoms with E-state index in [2.05, 4.69) is 10.2 Å². The summed E-state index contributed by atoms with van der Waals surface area (Å²) in [6, 6.07) is 7.04. The first-order valence-corrected chi connectivity index (χ1v) is 7.29. The van der Waals surface area contributed by atoms with Gasteiger partial charge in [-0.25, -0.2) is 4.89 Å². The fraction of sp³-hybridized carbons (Fsp3) is 0.300. The normalized spacial score (nSPS) is 12.1. The lowest BCUT2D eigenvalue weighted by Gasteiger charge is -2.05. The van der Waals surface area contributed by atoms with Gasteiger partial charge in [0.1, 0.15) is 6.61 Å². The molecule has 16 heavy (non-hydrogen) atoms. The largest absolute Gasteiger partial charge is 0.325 e. The number of rotatable bonds is 5. The average Bonchev–Trinajstić information content (AvgIpc) is 2.20. The van der Waals surface area contributed by atoms with Gasteiger partial charge < -0.3 is 5.32 Å². The van der Waals surface area contributed by atoms with Crippen LogP contribution in [0.3, 0.4) is 0 Å². The van der Waals surface area contributed by atoms with Gasteiger partial charge in [0.15, 0.2) is 0 Å². The van der Waals surface area contributed by atoms with Gasteiger partial charge in [-0.3, -0.25) is 10.1 Å². The second-order valence-corrected chi connectivity index (χ2v) is 6.38. The summed E-state index contributed by atoms with van der Waals surface area (Å²) >= 11 is 4.95. The van der Waals surface area contributed by atoms with Crippen molar-refractivity contribution in [2.75, 3.05) is 17.3 Å². The molecular weight excluding hydrogens is 246 g/mol. The Balaban J connectivity index is 2.54. The molecule has 1 unspecified atom stereocenters. The molecule has 0 spiro atoms. The highest BCUT2D eigenvalue weighted by molar-refractivity contribution is 8.28. The van der Waals surface area contributed by atoms with Gasteiger partial charge in [0.05, 0.1) is 5.75 Å². The van der Waals surface area contributed by atoms with Gasteiger partial charge in [0.25, 0.3) is 0 Å². The maximum Gasteiger partial charge on any atom is 0.234 e. The van der Waals surface area contributed by atoms with Gasteiger partial charge in [0, 0.05) is 5.69 Å². The summed E-state index contributed by atoms with van der Waals surface area (Å²) in [7, 11) is -0.309. The van der Waals surface area contributed by atoms with Gasteiger partial charge in [-0.15, -0.1) is 9.45 Å². The van der Waals surface area contributed by atoms with Crippen LogP contribution >= 0.6 is 0 Å². The van der Waals surface area contributed by atoms with Gasteiger partial charge in [0.2, 0.25) is 5.91 Å². The van der Waals surface area contributed by atoms with Crippen LogP contribution in [0.15, 0.2) is 24.3 Å². The minimum atomic E-state index is -0.309. The fourth-order valence-corrected chi connectivity index (χ4v) is 1.90. The third kappa shape index (κ3) is 4.80. The average molecular weight is 259 g/mol. The zero-order valence-electron chi connectivity index (χ0n) is 8.80. The second-order valence-electron chi connectivity index (χ2n) is 3.24. The number of benzene rings is 1. The molecule has 1 amide bonds. The number of nitrogens with one attached hydrogen (secondary N) is 1. The Morgan fingerprint density at radius 2 is 2.12 bits per heavy atom. The zero-order chi connectivity index (χ0) is 12.0. The van der Waals surface area contributed by atoms with Crippen LogP contribution in [0.2, 0.25) is 0 Å². The molecule has 1 atom stereocenters. The summed E-state index contributed by atoms with van der Waals surface area (Å²) < 4.78 is 0. The fourth-order valence-electron chi connectivity index (χ4n) is 1.14. The predicted octanol–water partition coefficient (Wildman–Crippen LogP) is 1.32. The molecule has 0 saturated heterocycles. The quantitative estimate of drug-likeness (QED) is 0.618. The topological polar surface area (TPSA) is 58.6 Å². The molecule has 0 fully saturated rings. The molecule has 0 aliphatic heterocycles. The molecule has 0 aromatic heterocycles. The van der Waals surface area contributed by atoms with Crippen molar-refractivity contribution in [3.8, 4) is 0 Å². The Bertz CT molecular complexity index is 378. The molecule has 1 aromatic rings. The van der Waals surface area contributed by atoms with Crippen LogP contribution in [0, 0.1) is 0 Å². The van der Waals surface area contributed by atoms with Crippen molar-refractivity contribution in [3.05, 3.63) is 29.8 Å². The summed E-state index contributed by atoms with van der Waals surface area (Å²) in [4.78, 5) is 15.4. The smallest absolute Gasteiger partial charge is 0.234 e. The van der Waals surface area contributed by atoms with Gasteiger partial charge in [-0.1, -0.05) is 23.3 Å². The molecule has 0 heterocycles. The Morgan fingerprint density at radius 1 is 1.50 bits per heavy atom. The summed E-state index contributed by atoms with van der Waals surface area (Å²) in [6.07, 6.45) is 1.84. The molecule has 0 radical (unpaired) electrons. The molecule has 88 valence electrons. The van der Waals surface area contributed by atoms with E-state index in [1.165, 1.54) is 0 Å². The molecule has 0 saturated carbocycles. The van der Waals surface area contributed by atoms with Crippen molar-refractivity contribution in [2.24, 2.45) is 0 Å². The van der Waals surface area contributed by atoms with Crippen molar-refractivity contribution < 1.29 is 14.9 Å². The molecular formula is C10H13NO3S2. The highest BCUT2D eigenvalue weighted by Gasteiger charge is 2.02. The molecule has 1 rings (SSSR count). The van der Waals surface area contributed by atoms with Gasteiger partial charge in [-0.05, 0) is 24.0 Å². The number of hydrogen-bond donors (Lipinski definition) is 2. The number of carbonyl (C=O) groups excluding carboxylic acids is 1. The lowest BCUT2D eigenvalue weighted by atomic mass is 10.2. The third-order valence-corrected chi connectivity index (χ3v) is 2.83. The molecule has 0 bridgehead atoms. The zero-order valence-corrected chi connectivity index (χ0v) is 10.4. The maximum absolute atomic E-state index is 11.4. The van der Waals surface area contributed by atoms with E-state index in [4.69, 9.17) is 16.4 Å². The summed E-state index contributed by atoms with van der Waals surface area (Å²) in [5.74, 6) is 0.281. The summed E-state index contributed by atoms with van der Waals surface area (Å²) in [5, 5.41) is 11.0. The van der Waals surface area contributed by atoms with Crippen LogP contribution in [-0.4, -0.2) is 23.2 Å². The first kappa shape index (κ1) is 13.2. The Morgan fingerprint density at radius 3 is 2.62 bits per heavy atom. The van der Waals surface area contributed by atoms with Crippen molar-refractivity contribution in [1.29, 1.82) is 0 Å². The van der Waals surface area contributed by atoms with Crippen LogP contribution < -0.4 is 5.32 Å². The third-order valence-electron chi connectivity index (χ3n) is 1.80. The maximum atomic E-state index is 11.4. The van der Waals surface area contributed by atoms with Crippen LogP contribution in [0.1, 0.15) is 5.56 Å². The van der Waals surface area contributed by atoms with E-state index in [-0.39, 0.29) is 22.0 Å². The van der Waals surface area contributed by atoms with Gasteiger partial charge in [-0.2, -0.15) is 0 Å². The first-order valence-electron chi connectivity index (χ1n) is 4.57. The summed E-state index contributed by atoms with van der Waals surface area (Å²) in [6.45, 7) is 0.138. The molecule has 4 nitrogen and oxygen atoms in total. The number of carbonyl (C=O) groups is 1. The van der Waals surface area contributed by atoms with E-state index >= 15 is 0 Å². The van der Waals surface area contributed by atoms with E-state index in [9.17, 15) is 4.79 Å². The van der Waals surface area contributed by atoms with E-state index in [1.807, 2.05) is 6.26 Å². The number of anilines is 1. The predicted molar refractivity (Wildman–Crippen MR) is 68.0 cm³/mol. The minimum Gasteiger partial charge on any atom is -0.325 e. The second kappa shape index (κ2) is 6.70. The van der Waals surface area contributed by atoms with E-state index < -0.39 is 0 Å². The van der Waals surface area contributed by atoms with Crippen LogP contribution in [-0.2, 0) is 36.9 Å². The standard InChI is InChI=1S/C10H13NO3S2/c1-16(15)7-10(12)11-9-4-2-8(3-5-9)6-14-13/h2-5,13H,6-7H2,1H3,(H,11,12).